The predicted octanol–water partition coefficient (Wildman–Crippen LogP) is 0.0924. The van der Waals surface area contributed by atoms with Crippen molar-refractivity contribution in [3.8, 4) is 5.75 Å². The van der Waals surface area contributed by atoms with Gasteiger partial charge in [0.05, 0.1) is 38.5 Å². The van der Waals surface area contributed by atoms with Crippen LogP contribution >= 0.6 is 0 Å². The summed E-state index contributed by atoms with van der Waals surface area (Å²) in [5.74, 6) is -2.13. The molecule has 2 saturated heterocycles. The number of carbonyl (C=O) groups excluding carboxylic acids is 2. The summed E-state index contributed by atoms with van der Waals surface area (Å²) in [7, 11) is 0. The number of aliphatic carboxylic acids is 2. The Labute approximate surface area is 218 Å². The highest BCUT2D eigenvalue weighted by atomic mass is 16.5. The number of amides is 1. The molecule has 9 nitrogen and oxygen atoms in total. The fraction of sp³-hybridized carbons (Fsp3) is 0.464. The number of quaternary nitrogens is 1. The van der Waals surface area contributed by atoms with E-state index in [9.17, 15) is 4.79 Å². The lowest BCUT2D eigenvalue weighted by molar-refractivity contribution is -0.892. The first kappa shape index (κ1) is 28.0. The summed E-state index contributed by atoms with van der Waals surface area (Å²) in [6.45, 7) is 9.07. The molecule has 0 aromatic heterocycles. The van der Waals surface area contributed by atoms with Crippen LogP contribution in [-0.2, 0) is 20.8 Å². The van der Waals surface area contributed by atoms with Crippen LogP contribution in [0.3, 0.4) is 0 Å². The van der Waals surface area contributed by atoms with Gasteiger partial charge in [-0.15, -0.1) is 0 Å². The van der Waals surface area contributed by atoms with Crippen LogP contribution in [0.2, 0.25) is 0 Å². The number of carboxylic acid groups (broad SMARTS) is 2. The van der Waals surface area contributed by atoms with E-state index in [4.69, 9.17) is 24.5 Å². The van der Waals surface area contributed by atoms with Crippen LogP contribution in [-0.4, -0.2) is 80.3 Å². The van der Waals surface area contributed by atoms with Crippen molar-refractivity contribution < 1.29 is 34.2 Å². The zero-order chi connectivity index (χ0) is 26.6. The third-order valence-corrected chi connectivity index (χ3v) is 6.79. The number of para-hydroxylation sites is 2. The van der Waals surface area contributed by atoms with E-state index in [0.717, 1.165) is 57.9 Å². The Morgan fingerprint density at radius 3 is 2.32 bits per heavy atom. The second kappa shape index (κ2) is 14.2. The molecule has 1 atom stereocenters. The predicted molar refractivity (Wildman–Crippen MR) is 137 cm³/mol. The Kier molecular flexibility index (Phi) is 10.8. The average Bonchev–Trinajstić information content (AvgIpc) is 2.91. The molecule has 37 heavy (non-hydrogen) atoms. The maximum atomic E-state index is 13.0. The van der Waals surface area contributed by atoms with E-state index in [1.165, 1.54) is 22.6 Å². The number of nitrogens with zero attached hydrogens (tertiary/aromatic N) is 2. The molecule has 2 N–H and O–H groups in total. The standard InChI is InChI=1S/C26H35N3O2.C2H2O4/c1-2-31-25-13-7-6-12-24(25)28-17-15-27(16-18-28)21-26(30)29-14-8-11-23(20-29)19-22-9-4-3-5-10-22;3-1(4)2(5)6/h3-7,9-10,12-13,23H,2,8,11,14-21H2,1H3;(H,3,4)(H,5,6). The summed E-state index contributed by atoms with van der Waals surface area (Å²) in [6, 6.07) is 19.0. The van der Waals surface area contributed by atoms with Crippen LogP contribution in [0.15, 0.2) is 54.6 Å². The summed E-state index contributed by atoms with van der Waals surface area (Å²) in [4.78, 5) is 37.0. The molecule has 2 heterocycles. The van der Waals surface area contributed by atoms with Gasteiger partial charge in [0, 0.05) is 13.1 Å². The molecule has 0 radical (unpaired) electrons. The largest absolute Gasteiger partial charge is 0.539 e. The molecule has 2 aliphatic rings. The summed E-state index contributed by atoms with van der Waals surface area (Å²) in [5, 5.41) is 16.3. The third kappa shape index (κ3) is 8.78. The molecule has 0 saturated carbocycles. The molecule has 1 unspecified atom stereocenters. The Hall–Kier alpha value is -3.59. The SMILES string of the molecule is CCOc1ccccc1N1CC[NH+](CC(=O)N2CCCC(Cc3ccccc3)C2)CC1.O=C([O-])C(=O)O. The van der Waals surface area contributed by atoms with Gasteiger partial charge in [0.15, 0.2) is 12.5 Å². The van der Waals surface area contributed by atoms with Gasteiger partial charge in [-0.05, 0) is 49.8 Å². The lowest BCUT2D eigenvalue weighted by Gasteiger charge is -2.36. The number of piperazine rings is 1. The highest BCUT2D eigenvalue weighted by molar-refractivity contribution is 6.26. The number of carboxylic acids is 2. The number of anilines is 1. The highest BCUT2D eigenvalue weighted by Gasteiger charge is 2.29. The van der Waals surface area contributed by atoms with E-state index in [-0.39, 0.29) is 0 Å². The van der Waals surface area contributed by atoms with Crippen LogP contribution in [0, 0.1) is 5.92 Å². The van der Waals surface area contributed by atoms with Gasteiger partial charge in [0.1, 0.15) is 5.75 Å². The van der Waals surface area contributed by atoms with Crippen molar-refractivity contribution in [3.63, 3.8) is 0 Å². The number of hydrogen-bond acceptors (Lipinski definition) is 6. The van der Waals surface area contributed by atoms with Gasteiger partial charge in [-0.2, -0.15) is 0 Å². The maximum Gasteiger partial charge on any atom is 0.351 e. The van der Waals surface area contributed by atoms with Gasteiger partial charge in [-0.1, -0.05) is 42.5 Å². The minimum atomic E-state index is -2.07. The molecule has 1 amide bonds. The van der Waals surface area contributed by atoms with Crippen molar-refractivity contribution in [2.45, 2.75) is 26.2 Å². The minimum Gasteiger partial charge on any atom is -0.539 e. The molecule has 2 fully saturated rings. The Balaban J connectivity index is 0.000000568. The van der Waals surface area contributed by atoms with E-state index < -0.39 is 11.9 Å². The number of benzene rings is 2. The average molecular weight is 512 g/mol. The van der Waals surface area contributed by atoms with Gasteiger partial charge in [-0.3, -0.25) is 4.79 Å². The van der Waals surface area contributed by atoms with Crippen molar-refractivity contribution in [3.05, 3.63) is 60.2 Å². The van der Waals surface area contributed by atoms with Gasteiger partial charge >= 0.3 is 5.97 Å². The number of hydrogen-bond donors (Lipinski definition) is 2. The van der Waals surface area contributed by atoms with E-state index >= 15 is 0 Å². The Morgan fingerprint density at radius 2 is 1.68 bits per heavy atom. The van der Waals surface area contributed by atoms with Crippen molar-refractivity contribution >= 4 is 23.5 Å². The summed E-state index contributed by atoms with van der Waals surface area (Å²) < 4.78 is 5.80. The molecular formula is C28H37N3O6. The number of ether oxygens (including phenoxy) is 1. The Morgan fingerprint density at radius 1 is 1.03 bits per heavy atom. The number of carbonyl (C=O) groups is 3. The molecule has 0 aliphatic carbocycles. The first-order chi connectivity index (χ1) is 17.9. The number of nitrogens with one attached hydrogen (secondary N) is 1. The van der Waals surface area contributed by atoms with Gasteiger partial charge in [-0.25, -0.2) is 4.79 Å². The molecule has 0 bridgehead atoms. The number of likely N-dealkylation sites (tertiary alicyclic amines) is 1. The van der Waals surface area contributed by atoms with Crippen LogP contribution in [0.1, 0.15) is 25.3 Å². The van der Waals surface area contributed by atoms with E-state index in [0.29, 0.717) is 25.0 Å². The van der Waals surface area contributed by atoms with Gasteiger partial charge < -0.3 is 34.4 Å². The van der Waals surface area contributed by atoms with Gasteiger partial charge in [0.2, 0.25) is 0 Å². The molecule has 4 rings (SSSR count). The highest BCUT2D eigenvalue weighted by Crippen LogP contribution is 2.27. The van der Waals surface area contributed by atoms with E-state index in [1.807, 2.05) is 19.1 Å². The third-order valence-electron chi connectivity index (χ3n) is 6.79. The molecule has 0 spiro atoms. The lowest BCUT2D eigenvalue weighted by Crippen LogP contribution is -3.16. The topological polar surface area (TPSA) is 115 Å². The second-order valence-corrected chi connectivity index (χ2v) is 9.44. The van der Waals surface area contributed by atoms with Crippen molar-refractivity contribution in [2.24, 2.45) is 5.92 Å². The van der Waals surface area contributed by atoms with Crippen LogP contribution < -0.4 is 19.6 Å². The monoisotopic (exact) mass is 511 g/mol. The Bertz CT molecular complexity index is 1010. The summed E-state index contributed by atoms with van der Waals surface area (Å²) in [6.07, 6.45) is 3.43. The van der Waals surface area contributed by atoms with Crippen molar-refractivity contribution in [2.75, 3.05) is 57.3 Å². The molecule has 2 aliphatic heterocycles. The first-order valence-electron chi connectivity index (χ1n) is 12.9. The maximum absolute atomic E-state index is 13.0. The van der Waals surface area contributed by atoms with Crippen LogP contribution in [0.4, 0.5) is 5.69 Å². The van der Waals surface area contributed by atoms with Crippen molar-refractivity contribution in [1.82, 2.24) is 4.90 Å². The fourth-order valence-electron chi connectivity index (χ4n) is 4.97. The lowest BCUT2D eigenvalue weighted by atomic mass is 9.91. The fourth-order valence-corrected chi connectivity index (χ4v) is 4.97. The van der Waals surface area contributed by atoms with Crippen LogP contribution in [0.5, 0.6) is 5.75 Å². The summed E-state index contributed by atoms with van der Waals surface area (Å²) in [5.41, 5.74) is 2.56. The molecule has 2 aromatic rings. The quantitative estimate of drug-likeness (QED) is 0.507. The van der Waals surface area contributed by atoms with E-state index in [2.05, 4.69) is 52.3 Å². The molecule has 2 aromatic carbocycles. The zero-order valence-corrected chi connectivity index (χ0v) is 21.4. The van der Waals surface area contributed by atoms with Gasteiger partial charge in [0.25, 0.3) is 5.91 Å². The normalized spacial score (nSPS) is 17.9. The smallest absolute Gasteiger partial charge is 0.351 e. The number of rotatable bonds is 7. The second-order valence-electron chi connectivity index (χ2n) is 9.44. The van der Waals surface area contributed by atoms with Crippen molar-refractivity contribution in [1.29, 1.82) is 0 Å². The van der Waals surface area contributed by atoms with Crippen LogP contribution in [0.25, 0.3) is 0 Å². The number of piperidine rings is 1. The zero-order valence-electron chi connectivity index (χ0n) is 21.4. The molecule has 9 heteroatoms. The molecule has 200 valence electrons. The minimum absolute atomic E-state index is 0.330. The summed E-state index contributed by atoms with van der Waals surface area (Å²) >= 11 is 0. The first-order valence-corrected chi connectivity index (χ1v) is 12.9. The van der Waals surface area contributed by atoms with E-state index in [1.54, 1.807) is 0 Å². The molecular weight excluding hydrogens is 474 g/mol.